The maximum atomic E-state index is 13.5. The second-order valence-corrected chi connectivity index (χ2v) is 10.7. The molecule has 1 aromatic heterocycles. The van der Waals surface area contributed by atoms with Gasteiger partial charge in [0.15, 0.2) is 0 Å². The lowest BCUT2D eigenvalue weighted by molar-refractivity contribution is -0.149. The second-order valence-electron chi connectivity index (χ2n) is 10.7. The molecule has 0 atom stereocenters. The van der Waals surface area contributed by atoms with Crippen molar-refractivity contribution >= 4 is 35.7 Å². The summed E-state index contributed by atoms with van der Waals surface area (Å²) in [5, 5.41) is 7.29. The van der Waals surface area contributed by atoms with Crippen molar-refractivity contribution in [3.8, 4) is 11.3 Å². The molecule has 3 amide bonds. The second kappa shape index (κ2) is 15.7. The van der Waals surface area contributed by atoms with Gasteiger partial charge < -0.3 is 34.9 Å². The van der Waals surface area contributed by atoms with Crippen molar-refractivity contribution < 1.29 is 42.9 Å². The van der Waals surface area contributed by atoms with Gasteiger partial charge in [0, 0.05) is 37.2 Å². The van der Waals surface area contributed by atoms with Crippen LogP contribution in [0.1, 0.15) is 48.5 Å². The van der Waals surface area contributed by atoms with Gasteiger partial charge in [0.05, 0.1) is 31.9 Å². The molecule has 2 aliphatic rings. The Kier molecular flexibility index (Phi) is 11.6. The van der Waals surface area contributed by atoms with E-state index in [1.165, 1.54) is 13.2 Å². The Balaban J connectivity index is 1.57. The number of carbonyl (C=O) groups is 5. The number of nitrogens with zero attached hydrogens (tertiary/aromatic N) is 4. The maximum Gasteiger partial charge on any atom is 0.438 e. The molecule has 2 aromatic rings. The van der Waals surface area contributed by atoms with Gasteiger partial charge in [-0.05, 0) is 31.7 Å². The van der Waals surface area contributed by atoms with E-state index in [-0.39, 0.29) is 47.5 Å². The zero-order valence-corrected chi connectivity index (χ0v) is 25.6. The summed E-state index contributed by atoms with van der Waals surface area (Å²) < 4.78 is 20.3. The van der Waals surface area contributed by atoms with Crippen molar-refractivity contribution in [1.29, 1.82) is 0 Å². The van der Waals surface area contributed by atoms with Crippen molar-refractivity contribution in [1.82, 2.24) is 20.0 Å². The first-order chi connectivity index (χ1) is 22.0. The van der Waals surface area contributed by atoms with E-state index < -0.39 is 30.3 Å². The monoisotopic (exact) mass is 640 g/mol. The van der Waals surface area contributed by atoms with E-state index in [0.717, 1.165) is 11.6 Å². The fourth-order valence-electron chi connectivity index (χ4n) is 5.07. The summed E-state index contributed by atoms with van der Waals surface area (Å²) in [5.41, 5.74) is 6.06. The molecule has 1 saturated carbocycles. The molecule has 0 spiro atoms. The van der Waals surface area contributed by atoms with Crippen LogP contribution in [-0.4, -0.2) is 96.6 Å². The van der Waals surface area contributed by atoms with E-state index in [0.29, 0.717) is 63.1 Å². The van der Waals surface area contributed by atoms with Gasteiger partial charge in [-0.1, -0.05) is 24.3 Å². The van der Waals surface area contributed by atoms with E-state index in [1.54, 1.807) is 29.2 Å². The van der Waals surface area contributed by atoms with Gasteiger partial charge in [0.1, 0.15) is 17.9 Å². The number of benzene rings is 1. The topological polar surface area (TPSA) is 211 Å². The summed E-state index contributed by atoms with van der Waals surface area (Å²) in [6, 6.07) is 7.38. The van der Waals surface area contributed by atoms with Gasteiger partial charge in [-0.3, -0.25) is 24.0 Å². The maximum absolute atomic E-state index is 13.5. The first kappa shape index (κ1) is 33.8. The number of rotatable bonds is 9. The lowest BCUT2D eigenvalue weighted by Gasteiger charge is -2.28. The lowest BCUT2D eigenvalue weighted by atomic mass is 9.86. The highest BCUT2D eigenvalue weighted by Crippen LogP contribution is 2.25. The third-order valence-corrected chi connectivity index (χ3v) is 7.60. The summed E-state index contributed by atoms with van der Waals surface area (Å²) in [4.78, 5) is 79.7. The number of esters is 2. The number of hydrogen-bond donors (Lipinski definition) is 2. The predicted octanol–water partition coefficient (Wildman–Crippen LogP) is 0.593. The molecular weight excluding hydrogens is 604 g/mol. The minimum Gasteiger partial charge on any atom is -0.469 e. The Morgan fingerprint density at radius 1 is 1.04 bits per heavy atom. The highest BCUT2D eigenvalue weighted by molar-refractivity contribution is 6.03. The summed E-state index contributed by atoms with van der Waals surface area (Å²) >= 11 is 0. The minimum absolute atomic E-state index is 0.171. The normalized spacial score (nSPS) is 18.3. The molecule has 46 heavy (non-hydrogen) atoms. The third kappa shape index (κ3) is 8.97. The lowest BCUT2D eigenvalue weighted by Crippen LogP contribution is -2.45. The fourth-order valence-corrected chi connectivity index (χ4v) is 5.07. The molecule has 246 valence electrons. The Hall–Kier alpha value is -5.12. The number of nitrogens with one attached hydrogen (secondary N) is 1. The van der Waals surface area contributed by atoms with Crippen LogP contribution in [0.5, 0.6) is 0 Å². The Labute approximate surface area is 263 Å². The van der Waals surface area contributed by atoms with Crippen LogP contribution in [-0.2, 0) is 39.9 Å². The van der Waals surface area contributed by atoms with Crippen LogP contribution in [0.4, 0.5) is 4.79 Å². The van der Waals surface area contributed by atoms with E-state index in [1.807, 2.05) is 0 Å². The average molecular weight is 641 g/mol. The van der Waals surface area contributed by atoms with E-state index >= 15 is 0 Å². The number of carbonyl (C=O) groups excluding carboxylic acids is 5. The van der Waals surface area contributed by atoms with Gasteiger partial charge in [0.2, 0.25) is 12.7 Å². The van der Waals surface area contributed by atoms with Gasteiger partial charge in [-0.25, -0.2) is 9.48 Å². The number of methoxy groups -OCH3 is 1. The summed E-state index contributed by atoms with van der Waals surface area (Å²) in [7, 11) is 1.34. The molecule has 1 aliphatic carbocycles. The number of aliphatic imine (C=N–C) groups is 1. The number of ether oxygens (including phenoxy) is 4. The first-order valence-corrected chi connectivity index (χ1v) is 14.7. The molecule has 16 heteroatoms. The molecule has 1 aliphatic heterocycles. The Bertz CT molecular complexity index is 1540. The molecule has 1 aromatic carbocycles. The number of hydrogen-bond acceptors (Lipinski definition) is 11. The average Bonchev–Trinajstić information content (AvgIpc) is 3.05. The number of nitrogens with two attached hydrogens (primary N) is 1. The fraction of sp³-hybridized carbons (Fsp3) is 0.467. The molecule has 0 radical (unpaired) electrons. The molecule has 16 nitrogen and oxygen atoms in total. The zero-order valence-electron chi connectivity index (χ0n) is 25.6. The molecule has 0 bridgehead atoms. The highest BCUT2D eigenvalue weighted by atomic mass is 16.7. The summed E-state index contributed by atoms with van der Waals surface area (Å²) in [5.74, 6) is -2.29. The predicted molar refractivity (Wildman–Crippen MR) is 160 cm³/mol. The van der Waals surface area contributed by atoms with E-state index in [2.05, 4.69) is 24.9 Å². The van der Waals surface area contributed by atoms with Crippen LogP contribution in [0.3, 0.4) is 0 Å². The molecule has 0 unspecified atom stereocenters. The van der Waals surface area contributed by atoms with Crippen molar-refractivity contribution in [2.45, 2.75) is 45.2 Å². The smallest absolute Gasteiger partial charge is 0.438 e. The van der Waals surface area contributed by atoms with Crippen molar-refractivity contribution in [2.75, 3.05) is 40.2 Å². The number of morpholine rings is 1. The van der Waals surface area contributed by atoms with Crippen molar-refractivity contribution in [2.24, 2.45) is 16.6 Å². The van der Waals surface area contributed by atoms with Crippen LogP contribution < -0.4 is 16.6 Å². The van der Waals surface area contributed by atoms with Crippen LogP contribution in [0.15, 0.2) is 40.1 Å². The van der Waals surface area contributed by atoms with Crippen LogP contribution in [0.25, 0.3) is 11.3 Å². The van der Waals surface area contributed by atoms with Gasteiger partial charge >= 0.3 is 18.0 Å². The largest absolute Gasteiger partial charge is 0.469 e. The molecule has 2 fully saturated rings. The molecule has 2 heterocycles. The van der Waals surface area contributed by atoms with Crippen molar-refractivity contribution in [3.63, 3.8) is 0 Å². The van der Waals surface area contributed by atoms with Crippen molar-refractivity contribution in [3.05, 3.63) is 51.8 Å². The van der Waals surface area contributed by atoms with Crippen LogP contribution in [0, 0.1) is 5.92 Å². The van der Waals surface area contributed by atoms with Crippen LogP contribution >= 0.6 is 0 Å². The SMILES string of the molecule is COC(=O)C1CCC(NC(=O)c2cc(-c3ccc(C(N)=NC(=O)OCOC(C)=O)cc3)nn(CC(=O)N3CCOCC3)c2=O)CC1. The van der Waals surface area contributed by atoms with E-state index in [4.69, 9.17) is 15.2 Å². The van der Waals surface area contributed by atoms with Gasteiger partial charge in [-0.15, -0.1) is 0 Å². The molecule has 4 rings (SSSR count). The first-order valence-electron chi connectivity index (χ1n) is 14.7. The quantitative estimate of drug-likeness (QED) is 0.167. The summed E-state index contributed by atoms with van der Waals surface area (Å²) in [6.45, 7) is 1.66. The third-order valence-electron chi connectivity index (χ3n) is 7.60. The summed E-state index contributed by atoms with van der Waals surface area (Å²) in [6.07, 6.45) is 1.10. The van der Waals surface area contributed by atoms with Gasteiger partial charge in [0.25, 0.3) is 11.5 Å². The van der Waals surface area contributed by atoms with Crippen LogP contribution in [0.2, 0.25) is 0 Å². The van der Waals surface area contributed by atoms with Gasteiger partial charge in [-0.2, -0.15) is 10.1 Å². The minimum atomic E-state index is -1.06. The number of amides is 3. The Morgan fingerprint density at radius 2 is 1.72 bits per heavy atom. The number of aromatic nitrogens is 2. The highest BCUT2D eigenvalue weighted by Gasteiger charge is 2.29. The Morgan fingerprint density at radius 3 is 2.35 bits per heavy atom. The van der Waals surface area contributed by atoms with E-state index in [9.17, 15) is 28.8 Å². The number of amidine groups is 1. The molecule has 1 saturated heterocycles. The molecular formula is C30H36N6O10. The standard InChI is InChI=1S/C30H36N6O10/c1-18(37)45-17-46-30(42)33-26(31)20-5-3-19(4-6-20)24-15-23(27(39)32-22-9-7-21(8-10-22)29(41)43-2)28(40)36(34-24)16-25(38)35-11-13-44-14-12-35/h3-6,15,21-22H,7-14,16-17H2,1-2H3,(H,32,39)(H2,31,33,42). The molecule has 3 N–H and O–H groups in total. The zero-order chi connectivity index (χ0) is 33.2.